The first-order chi connectivity index (χ1) is 11.4. The van der Waals surface area contributed by atoms with Gasteiger partial charge in [0.1, 0.15) is 5.75 Å². The number of nitrogens with two attached hydrogens (primary N) is 1. The van der Waals surface area contributed by atoms with E-state index >= 15 is 0 Å². The number of benzene rings is 2. The molecule has 2 rings (SSSR count). The zero-order chi connectivity index (χ0) is 17.6. The average Bonchev–Trinajstić information content (AvgIpc) is 2.57. The van der Waals surface area contributed by atoms with E-state index in [0.717, 1.165) is 23.8 Å². The highest BCUT2D eigenvalue weighted by Gasteiger charge is 2.30. The van der Waals surface area contributed by atoms with Crippen LogP contribution in [0.15, 0.2) is 48.5 Å². The summed E-state index contributed by atoms with van der Waals surface area (Å²) in [5, 5.41) is 0. The molecule has 2 aromatic rings. The van der Waals surface area contributed by atoms with E-state index in [0.29, 0.717) is 25.1 Å². The van der Waals surface area contributed by atoms with E-state index in [1.165, 1.54) is 12.1 Å². The Kier molecular flexibility index (Phi) is 6.26. The Morgan fingerprint density at radius 3 is 2.50 bits per heavy atom. The standard InChI is InChI=1S/C19H22F3NO/c1-2-9-24-18-8-4-6-15(12-18)16(13-23)10-14-5-3-7-17(11-14)19(20,21)22/h3-8,11-12,16H,2,9-10,13,23H2,1H3. The lowest BCUT2D eigenvalue weighted by Gasteiger charge is -2.17. The van der Waals surface area contributed by atoms with Crippen LogP contribution in [0.2, 0.25) is 0 Å². The molecule has 0 heterocycles. The van der Waals surface area contributed by atoms with Gasteiger partial charge in [0.15, 0.2) is 0 Å². The summed E-state index contributed by atoms with van der Waals surface area (Å²) >= 11 is 0. The number of hydrogen-bond acceptors (Lipinski definition) is 2. The van der Waals surface area contributed by atoms with Crippen LogP contribution in [0.3, 0.4) is 0 Å². The van der Waals surface area contributed by atoms with Gasteiger partial charge in [-0.25, -0.2) is 0 Å². The fourth-order valence-electron chi connectivity index (χ4n) is 2.57. The number of alkyl halides is 3. The average molecular weight is 337 g/mol. The monoisotopic (exact) mass is 337 g/mol. The Hall–Kier alpha value is -2.01. The first-order valence-corrected chi connectivity index (χ1v) is 8.03. The zero-order valence-electron chi connectivity index (χ0n) is 13.6. The van der Waals surface area contributed by atoms with Crippen molar-refractivity contribution < 1.29 is 17.9 Å². The summed E-state index contributed by atoms with van der Waals surface area (Å²) in [6, 6.07) is 13.0. The van der Waals surface area contributed by atoms with Crippen LogP contribution in [0.25, 0.3) is 0 Å². The lowest BCUT2D eigenvalue weighted by molar-refractivity contribution is -0.137. The predicted molar refractivity (Wildman–Crippen MR) is 89.2 cm³/mol. The first kappa shape index (κ1) is 18.3. The second-order valence-corrected chi connectivity index (χ2v) is 5.76. The van der Waals surface area contributed by atoms with Crippen molar-refractivity contribution in [3.8, 4) is 5.75 Å². The van der Waals surface area contributed by atoms with Gasteiger partial charge in [-0.15, -0.1) is 0 Å². The molecule has 5 heteroatoms. The van der Waals surface area contributed by atoms with Gasteiger partial charge >= 0.3 is 6.18 Å². The predicted octanol–water partition coefficient (Wildman–Crippen LogP) is 4.78. The summed E-state index contributed by atoms with van der Waals surface area (Å²) in [7, 11) is 0. The minimum Gasteiger partial charge on any atom is -0.494 e. The molecule has 0 aliphatic rings. The third-order valence-electron chi connectivity index (χ3n) is 3.82. The molecule has 2 nitrogen and oxygen atoms in total. The summed E-state index contributed by atoms with van der Waals surface area (Å²) in [5.41, 5.74) is 6.84. The van der Waals surface area contributed by atoms with E-state index in [1.807, 2.05) is 31.2 Å². The largest absolute Gasteiger partial charge is 0.494 e. The highest BCUT2D eigenvalue weighted by Crippen LogP contribution is 2.31. The lowest BCUT2D eigenvalue weighted by Crippen LogP contribution is -2.15. The summed E-state index contributed by atoms with van der Waals surface area (Å²) in [6.07, 6.45) is -2.96. The van der Waals surface area contributed by atoms with E-state index in [2.05, 4.69) is 0 Å². The molecule has 0 aliphatic heterocycles. The minimum atomic E-state index is -4.33. The third kappa shape index (κ3) is 4.99. The maximum atomic E-state index is 12.8. The highest BCUT2D eigenvalue weighted by atomic mass is 19.4. The molecule has 24 heavy (non-hydrogen) atoms. The molecule has 130 valence electrons. The van der Waals surface area contributed by atoms with Crippen molar-refractivity contribution >= 4 is 0 Å². The van der Waals surface area contributed by atoms with Crippen LogP contribution in [-0.4, -0.2) is 13.2 Å². The van der Waals surface area contributed by atoms with E-state index in [-0.39, 0.29) is 5.92 Å². The van der Waals surface area contributed by atoms with Crippen LogP contribution in [0.4, 0.5) is 13.2 Å². The molecule has 2 aromatic carbocycles. The number of halogens is 3. The van der Waals surface area contributed by atoms with Crippen molar-refractivity contribution in [2.75, 3.05) is 13.2 Å². The van der Waals surface area contributed by atoms with Crippen LogP contribution < -0.4 is 10.5 Å². The van der Waals surface area contributed by atoms with Crippen LogP contribution in [0, 0.1) is 0 Å². The van der Waals surface area contributed by atoms with Gasteiger partial charge in [-0.2, -0.15) is 13.2 Å². The van der Waals surface area contributed by atoms with Gasteiger partial charge in [-0.3, -0.25) is 0 Å². The quantitative estimate of drug-likeness (QED) is 0.789. The van der Waals surface area contributed by atoms with Crippen molar-refractivity contribution in [2.24, 2.45) is 5.73 Å². The molecule has 0 aliphatic carbocycles. The summed E-state index contributed by atoms with van der Waals surface area (Å²) in [5.74, 6) is 0.704. The fourth-order valence-corrected chi connectivity index (χ4v) is 2.57. The highest BCUT2D eigenvalue weighted by molar-refractivity contribution is 5.33. The van der Waals surface area contributed by atoms with Crippen LogP contribution >= 0.6 is 0 Å². The summed E-state index contributed by atoms with van der Waals surface area (Å²) < 4.78 is 44.1. The van der Waals surface area contributed by atoms with Gasteiger partial charge in [-0.05, 0) is 48.7 Å². The number of rotatable bonds is 7. The van der Waals surface area contributed by atoms with Crippen LogP contribution in [0.1, 0.15) is 36.0 Å². The van der Waals surface area contributed by atoms with Crippen molar-refractivity contribution in [2.45, 2.75) is 31.9 Å². The molecule has 0 aromatic heterocycles. The van der Waals surface area contributed by atoms with Gasteiger partial charge in [0.25, 0.3) is 0 Å². The molecular weight excluding hydrogens is 315 g/mol. The molecule has 0 saturated heterocycles. The second kappa shape index (κ2) is 8.20. The van der Waals surface area contributed by atoms with Crippen molar-refractivity contribution in [1.29, 1.82) is 0 Å². The zero-order valence-corrected chi connectivity index (χ0v) is 13.6. The van der Waals surface area contributed by atoms with Gasteiger partial charge < -0.3 is 10.5 Å². The third-order valence-corrected chi connectivity index (χ3v) is 3.82. The maximum absolute atomic E-state index is 12.8. The van der Waals surface area contributed by atoms with E-state index in [1.54, 1.807) is 6.07 Å². The molecular formula is C19H22F3NO. The minimum absolute atomic E-state index is 0.0568. The van der Waals surface area contributed by atoms with Gasteiger partial charge in [0, 0.05) is 5.92 Å². The lowest BCUT2D eigenvalue weighted by atomic mass is 9.91. The van der Waals surface area contributed by atoms with Crippen LogP contribution in [-0.2, 0) is 12.6 Å². The Morgan fingerprint density at radius 2 is 1.83 bits per heavy atom. The topological polar surface area (TPSA) is 35.2 Å². The molecule has 0 amide bonds. The smallest absolute Gasteiger partial charge is 0.416 e. The van der Waals surface area contributed by atoms with E-state index in [4.69, 9.17) is 10.5 Å². The van der Waals surface area contributed by atoms with Crippen molar-refractivity contribution in [3.05, 3.63) is 65.2 Å². The number of ether oxygens (including phenoxy) is 1. The van der Waals surface area contributed by atoms with Crippen LogP contribution in [0.5, 0.6) is 5.75 Å². The molecule has 0 spiro atoms. The second-order valence-electron chi connectivity index (χ2n) is 5.76. The van der Waals surface area contributed by atoms with Crippen molar-refractivity contribution in [3.63, 3.8) is 0 Å². The normalized spacial score (nSPS) is 12.9. The molecule has 2 N–H and O–H groups in total. The van der Waals surface area contributed by atoms with Gasteiger partial charge in [0.05, 0.1) is 12.2 Å². The summed E-state index contributed by atoms with van der Waals surface area (Å²) in [6.45, 7) is 3.01. The van der Waals surface area contributed by atoms with Gasteiger partial charge in [0.2, 0.25) is 0 Å². The maximum Gasteiger partial charge on any atom is 0.416 e. The molecule has 1 unspecified atom stereocenters. The number of hydrogen-bond donors (Lipinski definition) is 1. The Morgan fingerprint density at radius 1 is 1.08 bits per heavy atom. The molecule has 1 atom stereocenters. The first-order valence-electron chi connectivity index (χ1n) is 8.03. The Labute approximate surface area is 140 Å². The molecule has 0 bridgehead atoms. The van der Waals surface area contributed by atoms with E-state index in [9.17, 15) is 13.2 Å². The Bertz CT molecular complexity index is 655. The molecule has 0 fully saturated rings. The SMILES string of the molecule is CCCOc1cccc(C(CN)Cc2cccc(C(F)(F)F)c2)c1. The van der Waals surface area contributed by atoms with Gasteiger partial charge in [-0.1, -0.05) is 37.3 Å². The van der Waals surface area contributed by atoms with Crippen molar-refractivity contribution in [1.82, 2.24) is 0 Å². The fraction of sp³-hybridized carbons (Fsp3) is 0.368. The molecule has 0 radical (unpaired) electrons. The molecule has 0 saturated carbocycles. The summed E-state index contributed by atoms with van der Waals surface area (Å²) in [4.78, 5) is 0. The van der Waals surface area contributed by atoms with E-state index < -0.39 is 11.7 Å². The Balaban J connectivity index is 2.18.